The number of nitrogens with one attached hydrogen (secondary N) is 2. The Hall–Kier alpha value is -1.07. The van der Waals surface area contributed by atoms with Crippen LogP contribution < -0.4 is 10.6 Å². The fourth-order valence-corrected chi connectivity index (χ4v) is 3.16. The molecule has 1 aliphatic heterocycles. The zero-order chi connectivity index (χ0) is 19.9. The zero-order valence-corrected chi connectivity index (χ0v) is 18.9. The number of nitrogens with zero attached hydrogens (tertiary/aromatic N) is 2. The first-order valence-electron chi connectivity index (χ1n) is 9.23. The van der Waals surface area contributed by atoms with E-state index in [1.165, 1.54) is 6.07 Å². The molecule has 0 amide bonds. The van der Waals surface area contributed by atoms with Gasteiger partial charge in [-0.2, -0.15) is 13.2 Å². The van der Waals surface area contributed by atoms with Crippen molar-refractivity contribution in [3.05, 3.63) is 35.4 Å². The third-order valence-electron chi connectivity index (χ3n) is 4.70. The van der Waals surface area contributed by atoms with E-state index in [4.69, 9.17) is 4.74 Å². The van der Waals surface area contributed by atoms with E-state index in [9.17, 15) is 13.2 Å². The van der Waals surface area contributed by atoms with E-state index in [1.807, 2.05) is 0 Å². The molecule has 1 atom stereocenters. The summed E-state index contributed by atoms with van der Waals surface area (Å²) in [5.74, 6) is 1.03. The zero-order valence-electron chi connectivity index (χ0n) is 16.6. The molecule has 1 heterocycles. The van der Waals surface area contributed by atoms with Crippen molar-refractivity contribution in [1.29, 1.82) is 0 Å². The van der Waals surface area contributed by atoms with Gasteiger partial charge in [-0.25, -0.2) is 0 Å². The highest BCUT2D eigenvalue weighted by Crippen LogP contribution is 2.29. The molecule has 0 spiro atoms. The summed E-state index contributed by atoms with van der Waals surface area (Å²) < 4.78 is 43.9. The normalized spacial score (nSPS) is 17.2. The van der Waals surface area contributed by atoms with Crippen molar-refractivity contribution in [2.24, 2.45) is 10.9 Å². The van der Waals surface area contributed by atoms with Crippen LogP contribution in [0.15, 0.2) is 29.3 Å². The lowest BCUT2D eigenvalue weighted by atomic mass is 10.0. The summed E-state index contributed by atoms with van der Waals surface area (Å²) in [7, 11) is 1.65. The van der Waals surface area contributed by atoms with Crippen LogP contribution >= 0.6 is 24.0 Å². The number of alkyl halides is 3. The lowest BCUT2D eigenvalue weighted by Gasteiger charge is -2.37. The summed E-state index contributed by atoms with van der Waals surface area (Å²) in [6, 6.07) is 5.65. The summed E-state index contributed by atoms with van der Waals surface area (Å²) >= 11 is 0. The first-order valence-corrected chi connectivity index (χ1v) is 9.23. The van der Waals surface area contributed by atoms with Crippen LogP contribution in [0.3, 0.4) is 0 Å². The third-order valence-corrected chi connectivity index (χ3v) is 4.70. The van der Waals surface area contributed by atoms with Crippen LogP contribution in [0.4, 0.5) is 13.2 Å². The van der Waals surface area contributed by atoms with Gasteiger partial charge < -0.3 is 15.4 Å². The van der Waals surface area contributed by atoms with Gasteiger partial charge in [0.2, 0.25) is 0 Å². The summed E-state index contributed by atoms with van der Waals surface area (Å²) in [5, 5.41) is 6.39. The average molecular weight is 514 g/mol. The first kappa shape index (κ1) is 25.0. The minimum atomic E-state index is -4.33. The van der Waals surface area contributed by atoms with Gasteiger partial charge in [0.15, 0.2) is 5.96 Å². The number of rotatable bonds is 6. The predicted molar refractivity (Wildman–Crippen MR) is 116 cm³/mol. The van der Waals surface area contributed by atoms with Crippen molar-refractivity contribution in [1.82, 2.24) is 15.5 Å². The van der Waals surface area contributed by atoms with Crippen LogP contribution in [0.1, 0.15) is 25.0 Å². The van der Waals surface area contributed by atoms with E-state index in [2.05, 4.69) is 34.4 Å². The van der Waals surface area contributed by atoms with E-state index >= 15 is 0 Å². The Balaban J connectivity index is 0.00000392. The van der Waals surface area contributed by atoms with Crippen molar-refractivity contribution in [3.8, 4) is 0 Å². The Morgan fingerprint density at radius 1 is 1.21 bits per heavy atom. The maximum absolute atomic E-state index is 12.8. The fraction of sp³-hybridized carbons (Fsp3) is 0.632. The molecule has 0 saturated carbocycles. The molecule has 1 unspecified atom stereocenters. The van der Waals surface area contributed by atoms with Gasteiger partial charge >= 0.3 is 6.18 Å². The lowest BCUT2D eigenvalue weighted by Crippen LogP contribution is -2.52. The van der Waals surface area contributed by atoms with Crippen LogP contribution in [0.25, 0.3) is 0 Å². The van der Waals surface area contributed by atoms with E-state index in [1.54, 1.807) is 13.1 Å². The first-order chi connectivity index (χ1) is 12.8. The van der Waals surface area contributed by atoms with Crippen LogP contribution in [-0.4, -0.2) is 56.8 Å². The monoisotopic (exact) mass is 514 g/mol. The largest absolute Gasteiger partial charge is 0.416 e. The van der Waals surface area contributed by atoms with E-state index in [0.717, 1.165) is 38.4 Å². The van der Waals surface area contributed by atoms with Crippen LogP contribution in [0.5, 0.6) is 0 Å². The molecule has 9 heteroatoms. The fourth-order valence-electron chi connectivity index (χ4n) is 3.16. The Kier molecular flexibility index (Phi) is 10.5. The standard InChI is InChI=1S/C19H29F3N4O.HI/c1-14(2)17(26-7-9-27-10-8-26)13-25-18(23-3)24-12-15-5-4-6-16(11-15)19(20,21)22;/h4-6,11,14,17H,7-10,12-13H2,1-3H3,(H2,23,24,25);1H. The van der Waals surface area contributed by atoms with E-state index < -0.39 is 11.7 Å². The highest BCUT2D eigenvalue weighted by Gasteiger charge is 2.30. The number of hydrogen-bond donors (Lipinski definition) is 2. The molecule has 1 aromatic rings. The summed E-state index contributed by atoms with van der Waals surface area (Å²) in [4.78, 5) is 6.58. The number of ether oxygens (including phenoxy) is 1. The van der Waals surface area contributed by atoms with Gasteiger partial charge in [0.1, 0.15) is 0 Å². The van der Waals surface area contributed by atoms with Crippen LogP contribution in [0, 0.1) is 5.92 Å². The van der Waals surface area contributed by atoms with Gasteiger partial charge in [0.05, 0.1) is 18.8 Å². The molecular formula is C19H30F3IN4O. The Morgan fingerprint density at radius 2 is 1.89 bits per heavy atom. The van der Waals surface area contributed by atoms with Gasteiger partial charge in [-0.1, -0.05) is 26.0 Å². The third kappa shape index (κ3) is 7.75. The Labute approximate surface area is 182 Å². The average Bonchev–Trinajstić information content (AvgIpc) is 2.64. The van der Waals surface area contributed by atoms with Crippen LogP contribution in [-0.2, 0) is 17.5 Å². The molecule has 28 heavy (non-hydrogen) atoms. The molecule has 0 bridgehead atoms. The molecule has 0 radical (unpaired) electrons. The molecule has 0 aliphatic carbocycles. The molecule has 2 rings (SSSR count). The van der Waals surface area contributed by atoms with E-state index in [-0.39, 0.29) is 30.5 Å². The SMILES string of the molecule is CN=C(NCc1cccc(C(F)(F)F)c1)NCC(C(C)C)N1CCOCC1.I. The Bertz CT molecular complexity index is 619. The van der Waals surface area contributed by atoms with Gasteiger partial charge in [-0.15, -0.1) is 24.0 Å². The number of hydrogen-bond acceptors (Lipinski definition) is 3. The summed E-state index contributed by atoms with van der Waals surface area (Å²) in [6.07, 6.45) is -4.33. The van der Waals surface area contributed by atoms with Gasteiger partial charge in [0.25, 0.3) is 0 Å². The van der Waals surface area contributed by atoms with Crippen molar-refractivity contribution in [2.45, 2.75) is 32.6 Å². The maximum atomic E-state index is 12.8. The molecule has 2 N–H and O–H groups in total. The molecule has 1 aromatic carbocycles. The van der Waals surface area contributed by atoms with E-state index in [0.29, 0.717) is 30.0 Å². The molecule has 1 aliphatic rings. The number of halogens is 4. The maximum Gasteiger partial charge on any atom is 0.416 e. The molecule has 5 nitrogen and oxygen atoms in total. The highest BCUT2D eigenvalue weighted by molar-refractivity contribution is 14.0. The number of benzene rings is 1. The predicted octanol–water partition coefficient (Wildman–Crippen LogP) is 3.35. The Morgan fingerprint density at radius 3 is 2.46 bits per heavy atom. The number of aliphatic imine (C=N–C) groups is 1. The van der Waals surface area contributed by atoms with Gasteiger partial charge in [-0.05, 0) is 23.6 Å². The van der Waals surface area contributed by atoms with Crippen molar-refractivity contribution in [2.75, 3.05) is 39.9 Å². The smallest absolute Gasteiger partial charge is 0.379 e. The highest BCUT2D eigenvalue weighted by atomic mass is 127. The summed E-state index contributed by atoms with van der Waals surface area (Å²) in [5.41, 5.74) is -0.0849. The quantitative estimate of drug-likeness (QED) is 0.348. The second-order valence-electron chi connectivity index (χ2n) is 6.96. The van der Waals surface area contributed by atoms with Crippen molar-refractivity contribution >= 4 is 29.9 Å². The number of morpholine rings is 1. The van der Waals surface area contributed by atoms with Crippen LogP contribution in [0.2, 0.25) is 0 Å². The molecule has 1 fully saturated rings. The summed E-state index contributed by atoms with van der Waals surface area (Å²) in [6.45, 7) is 8.63. The molecule has 0 aromatic heterocycles. The van der Waals surface area contributed by atoms with Gasteiger partial charge in [0, 0.05) is 39.3 Å². The topological polar surface area (TPSA) is 48.9 Å². The lowest BCUT2D eigenvalue weighted by molar-refractivity contribution is -0.137. The second-order valence-corrected chi connectivity index (χ2v) is 6.96. The molecule has 160 valence electrons. The van der Waals surface area contributed by atoms with Gasteiger partial charge in [-0.3, -0.25) is 9.89 Å². The number of guanidine groups is 1. The second kappa shape index (κ2) is 11.8. The minimum absolute atomic E-state index is 0. The van der Waals surface area contributed by atoms with Crippen molar-refractivity contribution < 1.29 is 17.9 Å². The van der Waals surface area contributed by atoms with Crippen molar-refractivity contribution in [3.63, 3.8) is 0 Å². The molecule has 1 saturated heterocycles. The molecular weight excluding hydrogens is 484 g/mol. The minimum Gasteiger partial charge on any atom is -0.379 e.